The van der Waals surface area contributed by atoms with Crippen LogP contribution in [0.1, 0.15) is 39.5 Å². The first-order valence-electron chi connectivity index (χ1n) is 9.12. The number of aryl methyl sites for hydroxylation is 2. The van der Waals surface area contributed by atoms with Gasteiger partial charge in [0.1, 0.15) is 5.75 Å². The van der Waals surface area contributed by atoms with Gasteiger partial charge in [0.05, 0.1) is 13.2 Å². The Hall–Kier alpha value is -3.07. The molecule has 1 N–H and O–H groups in total. The van der Waals surface area contributed by atoms with Gasteiger partial charge in [0, 0.05) is 17.7 Å². The third-order valence-electron chi connectivity index (χ3n) is 4.67. The van der Waals surface area contributed by atoms with Crippen molar-refractivity contribution in [2.75, 3.05) is 12.4 Å². The molecule has 0 saturated carbocycles. The summed E-state index contributed by atoms with van der Waals surface area (Å²) in [5.41, 5.74) is 5.15. The van der Waals surface area contributed by atoms with Gasteiger partial charge >= 0.3 is 0 Å². The number of ether oxygens (including phenoxy) is 1. The molecule has 0 amide bonds. The SMILES string of the molecule is COc1ccc(C(CC(=O)c2ccc(C)cc2)Nc2ccc(C)cc2)cc1. The van der Waals surface area contributed by atoms with Crippen LogP contribution in [-0.2, 0) is 0 Å². The molecule has 0 heterocycles. The number of hydrogen-bond acceptors (Lipinski definition) is 3. The molecule has 0 aromatic heterocycles. The molecule has 0 aliphatic heterocycles. The summed E-state index contributed by atoms with van der Waals surface area (Å²) in [5.74, 6) is 0.924. The van der Waals surface area contributed by atoms with Gasteiger partial charge in [-0.1, -0.05) is 59.7 Å². The summed E-state index contributed by atoms with van der Waals surface area (Å²) in [5, 5.41) is 3.51. The fourth-order valence-electron chi connectivity index (χ4n) is 2.98. The fraction of sp³-hybridized carbons (Fsp3) is 0.208. The summed E-state index contributed by atoms with van der Waals surface area (Å²) >= 11 is 0. The lowest BCUT2D eigenvalue weighted by Gasteiger charge is -2.20. The third kappa shape index (κ3) is 4.98. The lowest BCUT2D eigenvalue weighted by molar-refractivity contribution is 0.0976. The van der Waals surface area contributed by atoms with Crippen molar-refractivity contribution in [3.8, 4) is 5.75 Å². The first-order valence-corrected chi connectivity index (χ1v) is 9.12. The van der Waals surface area contributed by atoms with Gasteiger partial charge < -0.3 is 10.1 Å². The van der Waals surface area contributed by atoms with E-state index in [4.69, 9.17) is 4.74 Å². The zero-order valence-corrected chi connectivity index (χ0v) is 16.0. The largest absolute Gasteiger partial charge is 0.497 e. The van der Waals surface area contributed by atoms with E-state index in [1.54, 1.807) is 7.11 Å². The van der Waals surface area contributed by atoms with Gasteiger partial charge in [-0.2, -0.15) is 0 Å². The lowest BCUT2D eigenvalue weighted by atomic mass is 9.97. The van der Waals surface area contributed by atoms with Crippen LogP contribution in [0.15, 0.2) is 72.8 Å². The number of anilines is 1. The Morgan fingerprint density at radius 2 is 1.41 bits per heavy atom. The summed E-state index contributed by atoms with van der Waals surface area (Å²) in [4.78, 5) is 12.8. The quantitative estimate of drug-likeness (QED) is 0.547. The van der Waals surface area contributed by atoms with Crippen molar-refractivity contribution >= 4 is 11.5 Å². The smallest absolute Gasteiger partial charge is 0.165 e. The Morgan fingerprint density at radius 3 is 1.96 bits per heavy atom. The van der Waals surface area contributed by atoms with Crippen molar-refractivity contribution in [2.24, 2.45) is 0 Å². The molecule has 3 aromatic rings. The van der Waals surface area contributed by atoms with Gasteiger partial charge in [0.25, 0.3) is 0 Å². The predicted molar refractivity (Wildman–Crippen MR) is 111 cm³/mol. The van der Waals surface area contributed by atoms with Crippen molar-refractivity contribution in [2.45, 2.75) is 26.3 Å². The van der Waals surface area contributed by atoms with Gasteiger partial charge in [-0.25, -0.2) is 0 Å². The molecule has 0 spiro atoms. The molecule has 1 atom stereocenters. The molecule has 1 unspecified atom stereocenters. The summed E-state index contributed by atoms with van der Waals surface area (Å²) < 4.78 is 5.25. The minimum Gasteiger partial charge on any atom is -0.497 e. The van der Waals surface area contributed by atoms with Crippen molar-refractivity contribution < 1.29 is 9.53 Å². The minimum atomic E-state index is -0.118. The number of ketones is 1. The number of Topliss-reactive ketones (excluding diaryl/α,β-unsaturated/α-hetero) is 1. The molecule has 3 rings (SSSR count). The van der Waals surface area contributed by atoms with Crippen LogP contribution in [0.5, 0.6) is 5.75 Å². The lowest BCUT2D eigenvalue weighted by Crippen LogP contribution is -2.16. The first-order chi connectivity index (χ1) is 13.0. The average Bonchev–Trinajstić information content (AvgIpc) is 2.69. The highest BCUT2D eigenvalue weighted by Gasteiger charge is 2.17. The van der Waals surface area contributed by atoms with E-state index in [-0.39, 0.29) is 11.8 Å². The van der Waals surface area contributed by atoms with E-state index in [0.29, 0.717) is 6.42 Å². The molecule has 0 fully saturated rings. The van der Waals surface area contributed by atoms with E-state index in [0.717, 1.165) is 28.1 Å². The number of rotatable bonds is 7. The highest BCUT2D eigenvalue weighted by atomic mass is 16.5. The topological polar surface area (TPSA) is 38.3 Å². The van der Waals surface area contributed by atoms with Crippen LogP contribution in [0.3, 0.4) is 0 Å². The standard InChI is InChI=1S/C24H25NO2/c1-17-4-8-20(9-5-17)24(26)16-23(19-10-14-22(27-3)15-11-19)25-21-12-6-18(2)7-13-21/h4-15,23,25H,16H2,1-3H3. The highest BCUT2D eigenvalue weighted by molar-refractivity contribution is 5.96. The Balaban J connectivity index is 1.84. The summed E-state index contributed by atoms with van der Waals surface area (Å²) in [6.07, 6.45) is 0.378. The van der Waals surface area contributed by atoms with Crippen LogP contribution in [-0.4, -0.2) is 12.9 Å². The molecule has 27 heavy (non-hydrogen) atoms. The normalized spacial score (nSPS) is 11.7. The Morgan fingerprint density at radius 1 is 0.852 bits per heavy atom. The van der Waals surface area contributed by atoms with Crippen LogP contribution in [0.4, 0.5) is 5.69 Å². The Labute approximate surface area is 161 Å². The molecule has 3 nitrogen and oxygen atoms in total. The number of hydrogen-bond donors (Lipinski definition) is 1. The molecule has 0 aliphatic rings. The van der Waals surface area contributed by atoms with E-state index < -0.39 is 0 Å². The van der Waals surface area contributed by atoms with Crippen LogP contribution in [0.25, 0.3) is 0 Å². The van der Waals surface area contributed by atoms with Crippen molar-refractivity contribution in [3.05, 3.63) is 95.1 Å². The van der Waals surface area contributed by atoms with Gasteiger partial charge in [-0.05, 0) is 43.7 Å². The molecular formula is C24H25NO2. The highest BCUT2D eigenvalue weighted by Crippen LogP contribution is 2.26. The van der Waals surface area contributed by atoms with Crippen molar-refractivity contribution in [3.63, 3.8) is 0 Å². The summed E-state index contributed by atoms with van der Waals surface area (Å²) in [6.45, 7) is 4.08. The van der Waals surface area contributed by atoms with Crippen molar-refractivity contribution in [1.29, 1.82) is 0 Å². The molecular weight excluding hydrogens is 334 g/mol. The predicted octanol–water partition coefficient (Wildman–Crippen LogP) is 5.74. The van der Waals surface area contributed by atoms with Crippen LogP contribution < -0.4 is 10.1 Å². The maximum Gasteiger partial charge on any atom is 0.165 e. The fourth-order valence-corrected chi connectivity index (χ4v) is 2.98. The summed E-state index contributed by atoms with van der Waals surface area (Å²) in [6, 6.07) is 23.7. The maximum absolute atomic E-state index is 12.8. The second-order valence-corrected chi connectivity index (χ2v) is 6.83. The molecule has 138 valence electrons. The monoisotopic (exact) mass is 359 g/mol. The second kappa shape index (κ2) is 8.54. The third-order valence-corrected chi connectivity index (χ3v) is 4.67. The number of methoxy groups -OCH3 is 1. The van der Waals surface area contributed by atoms with Gasteiger partial charge in [-0.15, -0.1) is 0 Å². The number of nitrogens with one attached hydrogen (secondary N) is 1. The Bertz CT molecular complexity index is 881. The molecule has 0 saturated heterocycles. The van der Waals surface area contributed by atoms with Crippen LogP contribution >= 0.6 is 0 Å². The van der Waals surface area contributed by atoms with Gasteiger partial charge in [-0.3, -0.25) is 4.79 Å². The van der Waals surface area contributed by atoms with Crippen LogP contribution in [0, 0.1) is 13.8 Å². The molecule has 0 bridgehead atoms. The average molecular weight is 359 g/mol. The Kier molecular flexibility index (Phi) is 5.92. The van der Waals surface area contributed by atoms with Crippen molar-refractivity contribution in [1.82, 2.24) is 0 Å². The second-order valence-electron chi connectivity index (χ2n) is 6.83. The van der Waals surface area contributed by atoms with E-state index in [2.05, 4.69) is 24.4 Å². The molecule has 3 aromatic carbocycles. The zero-order chi connectivity index (χ0) is 19.2. The number of carbonyl (C=O) groups excluding carboxylic acids is 1. The van der Waals surface area contributed by atoms with E-state index in [1.807, 2.05) is 67.6 Å². The first kappa shape index (κ1) is 18.7. The van der Waals surface area contributed by atoms with Crippen LogP contribution in [0.2, 0.25) is 0 Å². The van der Waals surface area contributed by atoms with E-state index >= 15 is 0 Å². The van der Waals surface area contributed by atoms with E-state index in [1.165, 1.54) is 5.56 Å². The minimum absolute atomic E-state index is 0.118. The van der Waals surface area contributed by atoms with E-state index in [9.17, 15) is 4.79 Å². The summed E-state index contributed by atoms with van der Waals surface area (Å²) in [7, 11) is 1.65. The van der Waals surface area contributed by atoms with Gasteiger partial charge in [0.15, 0.2) is 5.78 Å². The number of benzene rings is 3. The molecule has 3 heteroatoms. The zero-order valence-electron chi connectivity index (χ0n) is 16.0. The number of carbonyl (C=O) groups is 1. The molecule has 0 aliphatic carbocycles. The maximum atomic E-state index is 12.8. The molecule has 0 radical (unpaired) electrons. The van der Waals surface area contributed by atoms with Gasteiger partial charge in [0.2, 0.25) is 0 Å².